The molecule has 13 heavy (non-hydrogen) atoms. The van der Waals surface area contributed by atoms with Crippen LogP contribution in [0.1, 0.15) is 31.1 Å². The Kier molecular flexibility index (Phi) is 2.40. The highest BCUT2D eigenvalue weighted by atomic mass is 16.1. The molecule has 0 spiro atoms. The van der Waals surface area contributed by atoms with Crippen molar-refractivity contribution in [2.24, 2.45) is 0 Å². The molecule has 1 rings (SSSR count). The number of carbonyl (C=O) groups is 1. The van der Waals surface area contributed by atoms with E-state index in [0.29, 0.717) is 5.56 Å². The maximum absolute atomic E-state index is 11.2. The molecule has 0 atom stereocenters. The topological polar surface area (TPSA) is 46.9 Å². The molecule has 0 aromatic carbocycles. The number of rotatable bonds is 1. The highest BCUT2D eigenvalue weighted by molar-refractivity contribution is 5.93. The molecular formula is C9H15N3O. The predicted octanol–water partition coefficient (Wildman–Crippen LogP) is 0.998. The van der Waals surface area contributed by atoms with Crippen molar-refractivity contribution in [1.29, 1.82) is 0 Å². The quantitative estimate of drug-likeness (QED) is 0.702. The van der Waals surface area contributed by atoms with Crippen molar-refractivity contribution in [1.82, 2.24) is 15.1 Å². The van der Waals surface area contributed by atoms with E-state index >= 15 is 0 Å². The molecule has 0 unspecified atom stereocenters. The molecule has 0 saturated carbocycles. The van der Waals surface area contributed by atoms with E-state index in [4.69, 9.17) is 0 Å². The summed E-state index contributed by atoms with van der Waals surface area (Å²) in [4.78, 5) is 11.2. The Morgan fingerprint density at radius 2 is 2.15 bits per heavy atom. The molecular weight excluding hydrogens is 166 g/mol. The van der Waals surface area contributed by atoms with Crippen LogP contribution in [-0.4, -0.2) is 22.7 Å². The molecule has 0 aliphatic rings. The van der Waals surface area contributed by atoms with E-state index in [1.807, 2.05) is 20.8 Å². The third-order valence-corrected chi connectivity index (χ3v) is 1.76. The van der Waals surface area contributed by atoms with Crippen LogP contribution in [0.25, 0.3) is 0 Å². The first-order valence-corrected chi connectivity index (χ1v) is 4.22. The maximum atomic E-state index is 11.2. The molecule has 0 fully saturated rings. The van der Waals surface area contributed by atoms with Crippen molar-refractivity contribution >= 4 is 5.91 Å². The predicted molar refractivity (Wildman–Crippen MR) is 50.6 cm³/mol. The van der Waals surface area contributed by atoms with Gasteiger partial charge in [0.25, 0.3) is 5.91 Å². The fourth-order valence-electron chi connectivity index (χ4n) is 0.951. The minimum absolute atomic E-state index is 0.0771. The van der Waals surface area contributed by atoms with Crippen molar-refractivity contribution < 1.29 is 4.79 Å². The summed E-state index contributed by atoms with van der Waals surface area (Å²) in [6.07, 6.45) is 3.32. The molecule has 0 aliphatic heterocycles. The molecule has 1 amide bonds. The summed E-state index contributed by atoms with van der Waals surface area (Å²) >= 11 is 0. The first-order valence-electron chi connectivity index (χ1n) is 4.22. The second-order valence-electron chi connectivity index (χ2n) is 3.92. The second-order valence-corrected chi connectivity index (χ2v) is 3.92. The molecule has 1 N–H and O–H groups in total. The van der Waals surface area contributed by atoms with Crippen LogP contribution in [0.15, 0.2) is 12.4 Å². The van der Waals surface area contributed by atoms with Crippen molar-refractivity contribution in [3.05, 3.63) is 18.0 Å². The van der Waals surface area contributed by atoms with Gasteiger partial charge < -0.3 is 5.32 Å². The van der Waals surface area contributed by atoms with Gasteiger partial charge in [-0.25, -0.2) is 0 Å². The van der Waals surface area contributed by atoms with Gasteiger partial charge in [-0.1, -0.05) is 0 Å². The molecule has 1 heterocycles. The van der Waals surface area contributed by atoms with Crippen LogP contribution in [0.2, 0.25) is 0 Å². The molecule has 0 radical (unpaired) electrons. The molecule has 0 saturated heterocycles. The van der Waals surface area contributed by atoms with Crippen LogP contribution >= 0.6 is 0 Å². The number of nitrogens with zero attached hydrogens (tertiary/aromatic N) is 2. The lowest BCUT2D eigenvalue weighted by molar-refractivity contribution is 0.0963. The third kappa shape index (κ3) is 2.08. The van der Waals surface area contributed by atoms with Crippen molar-refractivity contribution in [2.75, 3.05) is 7.05 Å². The monoisotopic (exact) mass is 181 g/mol. The minimum Gasteiger partial charge on any atom is -0.355 e. The fourth-order valence-corrected chi connectivity index (χ4v) is 0.951. The van der Waals surface area contributed by atoms with Gasteiger partial charge in [-0.3, -0.25) is 9.48 Å². The number of aromatic nitrogens is 2. The van der Waals surface area contributed by atoms with Gasteiger partial charge in [-0.2, -0.15) is 5.10 Å². The maximum Gasteiger partial charge on any atom is 0.254 e. The first-order chi connectivity index (χ1) is 5.95. The fraction of sp³-hybridized carbons (Fsp3) is 0.556. The molecule has 0 aliphatic carbocycles. The summed E-state index contributed by atoms with van der Waals surface area (Å²) < 4.78 is 1.78. The molecule has 1 aromatic heterocycles. The summed E-state index contributed by atoms with van der Waals surface area (Å²) in [5.74, 6) is -0.101. The SMILES string of the molecule is CNC(=O)c1cnn(C(C)(C)C)c1. The van der Waals surface area contributed by atoms with Gasteiger partial charge in [0.15, 0.2) is 0 Å². The molecule has 4 nitrogen and oxygen atoms in total. The summed E-state index contributed by atoms with van der Waals surface area (Å²) in [6.45, 7) is 6.11. The van der Waals surface area contributed by atoms with Gasteiger partial charge >= 0.3 is 0 Å². The van der Waals surface area contributed by atoms with Gasteiger partial charge in [0.1, 0.15) is 0 Å². The van der Waals surface area contributed by atoms with E-state index in [-0.39, 0.29) is 11.4 Å². The number of amides is 1. The van der Waals surface area contributed by atoms with E-state index in [9.17, 15) is 4.79 Å². The van der Waals surface area contributed by atoms with E-state index in [0.717, 1.165) is 0 Å². The number of hydrogen-bond acceptors (Lipinski definition) is 2. The highest BCUT2D eigenvalue weighted by Gasteiger charge is 2.15. The number of hydrogen-bond donors (Lipinski definition) is 1. The average molecular weight is 181 g/mol. The average Bonchev–Trinajstić information content (AvgIpc) is 2.50. The normalized spacial score (nSPS) is 11.4. The molecule has 1 aromatic rings. The lowest BCUT2D eigenvalue weighted by Gasteiger charge is -2.18. The lowest BCUT2D eigenvalue weighted by atomic mass is 10.1. The van der Waals surface area contributed by atoms with Gasteiger partial charge in [0.2, 0.25) is 0 Å². The Labute approximate surface area is 77.9 Å². The van der Waals surface area contributed by atoms with Crippen LogP contribution in [0.4, 0.5) is 0 Å². The summed E-state index contributed by atoms with van der Waals surface area (Å²) in [7, 11) is 1.61. The Balaban J connectivity index is 2.93. The van der Waals surface area contributed by atoms with Gasteiger partial charge in [-0.15, -0.1) is 0 Å². The Morgan fingerprint density at radius 1 is 1.54 bits per heavy atom. The first kappa shape index (κ1) is 9.77. The Hall–Kier alpha value is -1.32. The van der Waals surface area contributed by atoms with E-state index < -0.39 is 0 Å². The standard InChI is InChI=1S/C9H15N3O/c1-9(2,3)12-6-7(5-11-12)8(13)10-4/h5-6H,1-4H3,(H,10,13). The number of nitrogens with one attached hydrogen (secondary N) is 1. The van der Waals surface area contributed by atoms with Gasteiger partial charge in [0.05, 0.1) is 17.3 Å². The Bertz CT molecular complexity index is 309. The molecule has 0 bridgehead atoms. The second kappa shape index (κ2) is 3.20. The van der Waals surface area contributed by atoms with Crippen LogP contribution in [-0.2, 0) is 5.54 Å². The third-order valence-electron chi connectivity index (χ3n) is 1.76. The van der Waals surface area contributed by atoms with Crippen LogP contribution in [0, 0.1) is 0 Å². The highest BCUT2D eigenvalue weighted by Crippen LogP contribution is 2.12. The minimum atomic E-state index is -0.101. The zero-order chi connectivity index (χ0) is 10.1. The van der Waals surface area contributed by atoms with Crippen LogP contribution < -0.4 is 5.32 Å². The summed E-state index contributed by atoms with van der Waals surface area (Å²) in [6, 6.07) is 0. The number of carbonyl (C=O) groups excluding carboxylic acids is 1. The van der Waals surface area contributed by atoms with Gasteiger partial charge in [0, 0.05) is 13.2 Å². The summed E-state index contributed by atoms with van der Waals surface area (Å²) in [5.41, 5.74) is 0.518. The van der Waals surface area contributed by atoms with E-state index in [2.05, 4.69) is 10.4 Å². The van der Waals surface area contributed by atoms with E-state index in [1.165, 1.54) is 0 Å². The zero-order valence-corrected chi connectivity index (χ0v) is 8.46. The largest absolute Gasteiger partial charge is 0.355 e. The van der Waals surface area contributed by atoms with Gasteiger partial charge in [-0.05, 0) is 20.8 Å². The smallest absolute Gasteiger partial charge is 0.254 e. The van der Waals surface area contributed by atoms with Crippen LogP contribution in [0.5, 0.6) is 0 Å². The van der Waals surface area contributed by atoms with Crippen molar-refractivity contribution in [3.8, 4) is 0 Å². The summed E-state index contributed by atoms with van der Waals surface area (Å²) in [5, 5.41) is 6.67. The zero-order valence-electron chi connectivity index (χ0n) is 8.46. The molecule has 4 heteroatoms. The van der Waals surface area contributed by atoms with Crippen molar-refractivity contribution in [3.63, 3.8) is 0 Å². The van der Waals surface area contributed by atoms with Crippen molar-refractivity contribution in [2.45, 2.75) is 26.3 Å². The molecule has 72 valence electrons. The Morgan fingerprint density at radius 3 is 2.54 bits per heavy atom. The van der Waals surface area contributed by atoms with E-state index in [1.54, 1.807) is 24.1 Å². The van der Waals surface area contributed by atoms with Crippen LogP contribution in [0.3, 0.4) is 0 Å². The lowest BCUT2D eigenvalue weighted by Crippen LogP contribution is -2.22.